The predicted molar refractivity (Wildman–Crippen MR) is 130 cm³/mol. The van der Waals surface area contributed by atoms with Crippen molar-refractivity contribution < 1.29 is 29.8 Å². The predicted octanol–water partition coefficient (Wildman–Crippen LogP) is 0.529. The van der Waals surface area contributed by atoms with Gasteiger partial charge in [-0.3, -0.25) is 19.6 Å². The number of hydroxylamine groups is 1. The Bertz CT molecular complexity index is 989. The molecule has 182 valence electrons. The minimum Gasteiger partial charge on any atom is -0.394 e. The first-order chi connectivity index (χ1) is 15.9. The average Bonchev–Trinajstić information content (AvgIpc) is 2.85. The van der Waals surface area contributed by atoms with Gasteiger partial charge in [-0.25, -0.2) is 5.48 Å². The van der Waals surface area contributed by atoms with Gasteiger partial charge < -0.3 is 20.8 Å². The van der Waals surface area contributed by atoms with Crippen molar-refractivity contribution in [2.24, 2.45) is 0 Å². The van der Waals surface area contributed by atoms with E-state index in [0.29, 0.717) is 5.56 Å². The van der Waals surface area contributed by atoms with Gasteiger partial charge in [0.1, 0.15) is 6.04 Å². The molecule has 0 saturated heterocycles. The number of amides is 3. The van der Waals surface area contributed by atoms with Crippen LogP contribution in [0.1, 0.15) is 28.9 Å². The maximum atomic E-state index is 12.5. The fourth-order valence-electron chi connectivity index (χ4n) is 2.51. The highest BCUT2D eigenvalue weighted by Crippen LogP contribution is 2.05. The molecule has 0 spiro atoms. The molecule has 0 heterocycles. The summed E-state index contributed by atoms with van der Waals surface area (Å²) in [5.74, 6) is 4.28. The molecular weight excluding hydrogens is 458 g/mol. The summed E-state index contributed by atoms with van der Waals surface area (Å²) < 4.78 is 0. The second-order valence-electron chi connectivity index (χ2n) is 6.85. The lowest BCUT2D eigenvalue weighted by molar-refractivity contribution is -0.131. The Hall–Kier alpha value is -3.36. The second-order valence-corrected chi connectivity index (χ2v) is 7.88. The summed E-state index contributed by atoms with van der Waals surface area (Å²) in [6.45, 7) is -0.652. The van der Waals surface area contributed by atoms with Crippen LogP contribution in [0.5, 0.6) is 0 Å². The molecule has 0 fully saturated rings. The third-order valence-electron chi connectivity index (χ3n) is 4.26. The zero-order chi connectivity index (χ0) is 24.1. The molecule has 6 N–H and O–H groups in total. The van der Waals surface area contributed by atoms with E-state index in [-0.39, 0.29) is 31.0 Å². The third-order valence-corrected chi connectivity index (χ3v) is 5.35. The fraction of sp³-hybridized carbons (Fsp3) is 0.292. The van der Waals surface area contributed by atoms with Crippen LogP contribution < -0.4 is 16.1 Å². The first-order valence-corrected chi connectivity index (χ1v) is 11.1. The van der Waals surface area contributed by atoms with Crippen molar-refractivity contribution >= 4 is 29.5 Å². The quantitative estimate of drug-likeness (QED) is 0.163. The van der Waals surface area contributed by atoms with Crippen molar-refractivity contribution in [2.45, 2.75) is 19.6 Å². The van der Waals surface area contributed by atoms with Crippen LogP contribution in [-0.4, -0.2) is 69.9 Å². The number of nitrogens with one attached hydrogen (secondary N) is 3. The van der Waals surface area contributed by atoms with Crippen LogP contribution in [0.15, 0.2) is 54.6 Å². The van der Waals surface area contributed by atoms with E-state index < -0.39 is 36.5 Å². The number of thioether (sulfide) groups is 1. The van der Waals surface area contributed by atoms with E-state index in [2.05, 4.69) is 22.5 Å². The van der Waals surface area contributed by atoms with Crippen LogP contribution in [0.2, 0.25) is 0 Å². The lowest BCUT2D eigenvalue weighted by Crippen LogP contribution is -2.52. The number of aliphatic hydroxyl groups is 2. The summed E-state index contributed by atoms with van der Waals surface area (Å²) >= 11 is 1.10. The maximum absolute atomic E-state index is 12.5. The van der Waals surface area contributed by atoms with E-state index in [1.54, 1.807) is 24.3 Å². The van der Waals surface area contributed by atoms with Crippen molar-refractivity contribution in [3.63, 3.8) is 0 Å². The van der Waals surface area contributed by atoms with E-state index in [9.17, 15) is 19.5 Å². The van der Waals surface area contributed by atoms with Crippen molar-refractivity contribution in [3.05, 3.63) is 71.3 Å². The van der Waals surface area contributed by atoms with Crippen LogP contribution in [0.25, 0.3) is 0 Å². The molecule has 2 atom stereocenters. The van der Waals surface area contributed by atoms with Gasteiger partial charge in [-0.15, -0.1) is 11.8 Å². The molecule has 2 rings (SSSR count). The molecule has 34 heavy (non-hydrogen) atoms. The smallest absolute Gasteiger partial charge is 0.267 e. The lowest BCUT2D eigenvalue weighted by Gasteiger charge is -2.17. The molecule has 0 radical (unpaired) electrons. The Balaban J connectivity index is 0.00000578. The molecule has 2 aromatic carbocycles. The second kappa shape index (κ2) is 15.5. The van der Waals surface area contributed by atoms with Gasteiger partial charge in [-0.2, -0.15) is 0 Å². The Morgan fingerprint density at radius 1 is 0.971 bits per heavy atom. The van der Waals surface area contributed by atoms with Crippen LogP contribution in [-0.2, 0) is 9.59 Å². The highest BCUT2D eigenvalue weighted by Gasteiger charge is 2.22. The number of hydrogen-bond donors (Lipinski definition) is 6. The largest absolute Gasteiger partial charge is 0.394 e. The number of aliphatic hydroxyl groups excluding tert-OH is 2. The molecule has 0 bridgehead atoms. The third kappa shape index (κ3) is 10.1. The fourth-order valence-corrected chi connectivity index (χ4v) is 3.29. The summed E-state index contributed by atoms with van der Waals surface area (Å²) in [6.07, 6.45) is -0.925. The van der Waals surface area contributed by atoms with Gasteiger partial charge in [0.2, 0.25) is 5.91 Å². The van der Waals surface area contributed by atoms with Crippen molar-refractivity contribution in [3.8, 4) is 11.8 Å². The van der Waals surface area contributed by atoms with Crippen molar-refractivity contribution in [1.29, 1.82) is 0 Å². The molecule has 10 heteroatoms. The normalized spacial score (nSPS) is 11.6. The van der Waals surface area contributed by atoms with Gasteiger partial charge in [0, 0.05) is 29.0 Å². The zero-order valence-electron chi connectivity index (χ0n) is 17.7. The monoisotopic (exact) mass is 487 g/mol. The number of rotatable bonds is 10. The number of hydrogen-bond acceptors (Lipinski definition) is 7. The van der Waals surface area contributed by atoms with E-state index in [1.165, 1.54) is 5.48 Å². The van der Waals surface area contributed by atoms with Gasteiger partial charge in [-0.1, -0.05) is 37.5 Å². The first-order valence-electron chi connectivity index (χ1n) is 9.98. The molecule has 0 aromatic heterocycles. The molecule has 1 unspecified atom stereocenters. The number of carbonyl (C=O) groups is 3. The summed E-state index contributed by atoms with van der Waals surface area (Å²) in [5.41, 5.74) is 3.31. The molecule has 0 aliphatic carbocycles. The molecule has 0 aliphatic heterocycles. The first kappa shape index (κ1) is 28.7. The van der Waals surface area contributed by atoms with Gasteiger partial charge >= 0.3 is 0 Å². The van der Waals surface area contributed by atoms with E-state index in [1.807, 2.05) is 30.3 Å². The Morgan fingerprint density at radius 2 is 1.59 bits per heavy atom. The standard InChI is InChI=1S/C23H25N3O6S.CH4/c27-13-19(28)14-33-15-21(29)24-12-20(23(31)26-32)25-22(30)18-10-8-17(9-11-18)7-6-16-4-2-1-3-5-16;/h1-5,8-11,19-20,27-28,32H,12-15H2,(H,24,29)(H,25,30)(H,26,31);1H4/t19?,20-;/m0./s1. The molecule has 2 aromatic rings. The molecule has 9 nitrogen and oxygen atoms in total. The van der Waals surface area contributed by atoms with E-state index in [0.717, 1.165) is 17.3 Å². The van der Waals surface area contributed by atoms with Gasteiger partial charge in [-0.05, 0) is 36.4 Å². The maximum Gasteiger partial charge on any atom is 0.267 e. The minimum absolute atomic E-state index is 0. The SMILES string of the molecule is C.O=C(CSCC(O)CO)NC[C@H](NC(=O)c1ccc(C#Cc2ccccc2)cc1)C(=O)NO. The number of benzene rings is 2. The van der Waals surface area contributed by atoms with Crippen molar-refractivity contribution in [2.75, 3.05) is 24.7 Å². The summed E-state index contributed by atoms with van der Waals surface area (Å²) in [6, 6.07) is 14.7. The molecule has 0 aliphatic rings. The lowest BCUT2D eigenvalue weighted by atomic mass is 10.1. The van der Waals surface area contributed by atoms with E-state index >= 15 is 0 Å². The summed E-state index contributed by atoms with van der Waals surface area (Å²) in [4.78, 5) is 36.3. The highest BCUT2D eigenvalue weighted by atomic mass is 32.2. The summed E-state index contributed by atoms with van der Waals surface area (Å²) in [7, 11) is 0. The minimum atomic E-state index is -1.21. The zero-order valence-corrected chi connectivity index (χ0v) is 18.5. The number of carbonyl (C=O) groups excluding carboxylic acids is 3. The van der Waals surface area contributed by atoms with Crippen LogP contribution >= 0.6 is 11.8 Å². The van der Waals surface area contributed by atoms with Gasteiger partial charge in [0.15, 0.2) is 0 Å². The van der Waals surface area contributed by atoms with Gasteiger partial charge in [0.05, 0.1) is 18.5 Å². The summed E-state index contributed by atoms with van der Waals surface area (Å²) in [5, 5.41) is 31.9. The molecule has 0 saturated carbocycles. The molecular formula is C24H29N3O6S. The highest BCUT2D eigenvalue weighted by molar-refractivity contribution is 7.99. The Labute approximate surface area is 202 Å². The van der Waals surface area contributed by atoms with Crippen LogP contribution in [0, 0.1) is 11.8 Å². The van der Waals surface area contributed by atoms with Crippen LogP contribution in [0.3, 0.4) is 0 Å². The Kier molecular flexibility index (Phi) is 13.0. The van der Waals surface area contributed by atoms with Crippen molar-refractivity contribution in [1.82, 2.24) is 16.1 Å². The van der Waals surface area contributed by atoms with E-state index in [4.69, 9.17) is 10.3 Å². The topological polar surface area (TPSA) is 148 Å². The average molecular weight is 488 g/mol. The van der Waals surface area contributed by atoms with Crippen LogP contribution in [0.4, 0.5) is 0 Å². The van der Waals surface area contributed by atoms with Gasteiger partial charge in [0.25, 0.3) is 11.8 Å². The molecule has 3 amide bonds. The Morgan fingerprint density at radius 3 is 2.18 bits per heavy atom.